The van der Waals surface area contributed by atoms with E-state index in [4.69, 9.17) is 19.4 Å². The lowest BCUT2D eigenvalue weighted by molar-refractivity contribution is 0.669. The first-order chi connectivity index (χ1) is 29.1. The molecule has 0 aliphatic heterocycles. The summed E-state index contributed by atoms with van der Waals surface area (Å²) in [6, 6.07) is 68.9. The third-order valence-electron chi connectivity index (χ3n) is 11.4. The summed E-state index contributed by atoms with van der Waals surface area (Å²) in [6.07, 6.45) is 3.95. The van der Waals surface area contributed by atoms with Gasteiger partial charge in [0.2, 0.25) is 0 Å². The van der Waals surface area contributed by atoms with Crippen LogP contribution < -0.4 is 20.7 Å². The second-order valence-electron chi connectivity index (χ2n) is 14.9. The molecule has 0 radical (unpaired) electrons. The van der Waals surface area contributed by atoms with Crippen molar-refractivity contribution in [1.82, 2.24) is 15.0 Å². The highest BCUT2D eigenvalue weighted by molar-refractivity contribution is 7.19. The Morgan fingerprint density at radius 2 is 1.08 bits per heavy atom. The molecule has 0 fully saturated rings. The topological polar surface area (TPSA) is 51.8 Å². The van der Waals surface area contributed by atoms with Crippen LogP contribution in [0.15, 0.2) is 211 Å². The van der Waals surface area contributed by atoms with Crippen molar-refractivity contribution in [3.8, 4) is 22.8 Å². The molecule has 2 heterocycles. The van der Waals surface area contributed by atoms with E-state index in [1.807, 2.05) is 24.3 Å². The normalized spacial score (nSPS) is 12.0. The molecule has 8 aromatic carbocycles. The van der Waals surface area contributed by atoms with Gasteiger partial charge in [-0.15, -0.1) is 0 Å². The number of nitrogens with zero attached hydrogens (tertiary/aromatic N) is 3. The molecule has 10 rings (SSSR count). The first-order valence-electron chi connectivity index (χ1n) is 19.9. The summed E-state index contributed by atoms with van der Waals surface area (Å²) in [7, 11) is -2.82. The summed E-state index contributed by atoms with van der Waals surface area (Å²) in [4.78, 5) is 15.7. The SMILES string of the molecule is C=C/C(=C\c1ccccc1C)c1nc(-c2cccc([Si](c3ccccc3)(c3ccccc3)c3ccccc3)c2)nc(-c2ccc3oc4ccc5ccccc5c4c3c2)n1. The van der Waals surface area contributed by atoms with E-state index in [2.05, 4.69) is 196 Å². The van der Waals surface area contributed by atoms with Crippen molar-refractivity contribution < 1.29 is 4.42 Å². The van der Waals surface area contributed by atoms with Crippen molar-refractivity contribution in [1.29, 1.82) is 0 Å². The highest BCUT2D eigenvalue weighted by atomic mass is 28.3. The highest BCUT2D eigenvalue weighted by Crippen LogP contribution is 2.37. The Labute approximate surface area is 344 Å². The van der Waals surface area contributed by atoms with Crippen LogP contribution in [0.2, 0.25) is 0 Å². The largest absolute Gasteiger partial charge is 0.456 e. The van der Waals surface area contributed by atoms with Gasteiger partial charge < -0.3 is 4.42 Å². The summed E-state index contributed by atoms with van der Waals surface area (Å²) >= 11 is 0. The van der Waals surface area contributed by atoms with E-state index in [0.717, 1.165) is 60.5 Å². The Bertz CT molecular complexity index is 3090. The van der Waals surface area contributed by atoms with Crippen molar-refractivity contribution >= 4 is 73.2 Å². The molecule has 0 amide bonds. The maximum atomic E-state index is 6.38. The molecule has 5 heteroatoms. The van der Waals surface area contributed by atoms with Gasteiger partial charge in [-0.25, -0.2) is 15.0 Å². The summed E-state index contributed by atoms with van der Waals surface area (Å²) in [5.74, 6) is 1.71. The number of aromatic nitrogens is 3. The number of fused-ring (bicyclic) bond motifs is 5. The zero-order valence-electron chi connectivity index (χ0n) is 32.6. The number of benzene rings is 8. The van der Waals surface area contributed by atoms with Crippen LogP contribution in [-0.2, 0) is 0 Å². The third-order valence-corrected chi connectivity index (χ3v) is 16.2. The van der Waals surface area contributed by atoms with Gasteiger partial charge in [-0.2, -0.15) is 0 Å². The smallest absolute Gasteiger partial charge is 0.179 e. The maximum absolute atomic E-state index is 6.38. The van der Waals surface area contributed by atoms with Gasteiger partial charge in [0.15, 0.2) is 25.5 Å². The van der Waals surface area contributed by atoms with Gasteiger partial charge in [-0.3, -0.25) is 0 Å². The minimum atomic E-state index is -2.82. The lowest BCUT2D eigenvalue weighted by atomic mass is 10.0. The lowest BCUT2D eigenvalue weighted by Gasteiger charge is -2.34. The second-order valence-corrected chi connectivity index (χ2v) is 18.7. The number of rotatable bonds is 9. The minimum Gasteiger partial charge on any atom is -0.456 e. The van der Waals surface area contributed by atoms with Crippen molar-refractivity contribution in [3.63, 3.8) is 0 Å². The van der Waals surface area contributed by atoms with Crippen LogP contribution in [0.1, 0.15) is 17.0 Å². The van der Waals surface area contributed by atoms with Crippen LogP contribution in [0, 0.1) is 6.92 Å². The van der Waals surface area contributed by atoms with E-state index in [9.17, 15) is 0 Å². The molecule has 2 aromatic heterocycles. The van der Waals surface area contributed by atoms with E-state index < -0.39 is 8.07 Å². The predicted octanol–water partition coefficient (Wildman–Crippen LogP) is 10.7. The van der Waals surface area contributed by atoms with Crippen molar-refractivity contribution in [2.75, 3.05) is 0 Å². The standard InChI is InChI=1S/C54H39N3OSi/c1-3-38(34-40-20-14-13-18-37(40)2)52-55-53(57-54(56-52)42-31-32-49-48(36-42)51-47-29-16-15-19-39(47)30-33-50(51)58-49)41-21-17-28-46(35-41)59(43-22-7-4-8-23-43,44-24-9-5-10-25-44)45-26-11-6-12-27-45/h3-36H,1H2,2H3/b38-34+. The van der Waals surface area contributed by atoms with Crippen molar-refractivity contribution in [3.05, 3.63) is 224 Å². The molecule has 4 nitrogen and oxygen atoms in total. The minimum absolute atomic E-state index is 0.550. The molecule has 0 spiro atoms. The zero-order chi connectivity index (χ0) is 39.8. The maximum Gasteiger partial charge on any atom is 0.179 e. The average Bonchev–Trinajstić information content (AvgIpc) is 3.69. The van der Waals surface area contributed by atoms with Crippen molar-refractivity contribution in [2.24, 2.45) is 0 Å². The van der Waals surface area contributed by atoms with Gasteiger partial charge in [0.05, 0.1) is 0 Å². The number of hydrogen-bond donors (Lipinski definition) is 0. The second kappa shape index (κ2) is 15.1. The van der Waals surface area contributed by atoms with Crippen LogP contribution in [0.5, 0.6) is 0 Å². The number of hydrogen-bond acceptors (Lipinski definition) is 4. The summed E-state index contributed by atoms with van der Waals surface area (Å²) < 4.78 is 6.38. The monoisotopic (exact) mass is 773 g/mol. The van der Waals surface area contributed by atoms with Gasteiger partial charge in [-0.1, -0.05) is 183 Å². The lowest BCUT2D eigenvalue weighted by Crippen LogP contribution is -2.74. The van der Waals surface area contributed by atoms with Gasteiger partial charge in [0.1, 0.15) is 11.2 Å². The zero-order valence-corrected chi connectivity index (χ0v) is 33.6. The molecule has 0 atom stereocenters. The molecule has 10 aromatic rings. The Kier molecular flexibility index (Phi) is 9.20. The summed E-state index contributed by atoms with van der Waals surface area (Å²) in [5.41, 5.74) is 6.49. The molecule has 59 heavy (non-hydrogen) atoms. The van der Waals surface area contributed by atoms with Gasteiger partial charge >= 0.3 is 0 Å². The highest BCUT2D eigenvalue weighted by Gasteiger charge is 2.41. The summed E-state index contributed by atoms with van der Waals surface area (Å²) in [6.45, 7) is 6.35. The quantitative estimate of drug-likeness (QED) is 0.0833. The molecule has 0 bridgehead atoms. The van der Waals surface area contributed by atoms with Crippen LogP contribution in [0.25, 0.3) is 67.1 Å². The van der Waals surface area contributed by atoms with E-state index in [-0.39, 0.29) is 0 Å². The molecular weight excluding hydrogens is 735 g/mol. The summed E-state index contributed by atoms with van der Waals surface area (Å²) in [5, 5.41) is 9.55. The fourth-order valence-corrected chi connectivity index (χ4v) is 13.3. The Morgan fingerprint density at radius 3 is 1.75 bits per heavy atom. The number of aryl methyl sites for hydroxylation is 1. The number of allylic oxidation sites excluding steroid dienone is 2. The van der Waals surface area contributed by atoms with Crippen LogP contribution in [0.3, 0.4) is 0 Å². The fourth-order valence-electron chi connectivity index (χ4n) is 8.54. The first-order valence-corrected chi connectivity index (χ1v) is 21.9. The Balaban J connectivity index is 1.21. The Morgan fingerprint density at radius 1 is 0.508 bits per heavy atom. The van der Waals surface area contributed by atoms with E-state index in [0.29, 0.717) is 17.5 Å². The third kappa shape index (κ3) is 6.38. The van der Waals surface area contributed by atoms with E-state index in [1.165, 1.54) is 20.7 Å². The van der Waals surface area contributed by atoms with E-state index in [1.54, 1.807) is 0 Å². The van der Waals surface area contributed by atoms with Crippen LogP contribution in [-0.4, -0.2) is 23.0 Å². The van der Waals surface area contributed by atoms with Gasteiger partial charge in [-0.05, 0) is 79.9 Å². The molecule has 0 aliphatic carbocycles. The van der Waals surface area contributed by atoms with E-state index >= 15 is 0 Å². The first kappa shape index (κ1) is 35.9. The molecule has 280 valence electrons. The molecule has 0 saturated carbocycles. The fraction of sp³-hybridized carbons (Fsp3) is 0.0185. The Hall–Kier alpha value is -7.47. The van der Waals surface area contributed by atoms with Gasteiger partial charge in [0, 0.05) is 27.5 Å². The molecule has 0 N–H and O–H groups in total. The molecule has 0 unspecified atom stereocenters. The molecular formula is C54H39N3OSi. The van der Waals surface area contributed by atoms with Crippen molar-refractivity contribution in [2.45, 2.75) is 6.92 Å². The molecule has 0 saturated heterocycles. The number of furan rings is 1. The van der Waals surface area contributed by atoms with Gasteiger partial charge in [0.25, 0.3) is 0 Å². The van der Waals surface area contributed by atoms with Crippen LogP contribution >= 0.6 is 0 Å². The average molecular weight is 774 g/mol. The molecule has 0 aliphatic rings. The van der Waals surface area contributed by atoms with Crippen LogP contribution in [0.4, 0.5) is 0 Å². The predicted molar refractivity (Wildman–Crippen MR) is 248 cm³/mol.